The molecule has 1 aliphatic heterocycles. The van der Waals surface area contributed by atoms with Gasteiger partial charge in [-0.1, -0.05) is 36.4 Å². The van der Waals surface area contributed by atoms with Crippen LogP contribution < -0.4 is 10.2 Å². The van der Waals surface area contributed by atoms with E-state index in [2.05, 4.69) is 28.3 Å². The van der Waals surface area contributed by atoms with Gasteiger partial charge in [0, 0.05) is 23.5 Å². The highest BCUT2D eigenvalue weighted by atomic mass is 16.2. The van der Waals surface area contributed by atoms with E-state index in [0.29, 0.717) is 17.3 Å². The van der Waals surface area contributed by atoms with Gasteiger partial charge in [0.2, 0.25) is 0 Å². The van der Waals surface area contributed by atoms with E-state index in [9.17, 15) is 4.79 Å². The maximum absolute atomic E-state index is 13.2. The lowest BCUT2D eigenvalue weighted by Crippen LogP contribution is -2.36. The second kappa shape index (κ2) is 6.59. The summed E-state index contributed by atoms with van der Waals surface area (Å²) in [4.78, 5) is 23.8. The van der Waals surface area contributed by atoms with Crippen LogP contribution in [0, 0.1) is 6.92 Å². The van der Waals surface area contributed by atoms with Crippen LogP contribution in [-0.2, 0) is 6.42 Å². The number of nitrogens with zero attached hydrogens (tertiary/aromatic N) is 3. The molecule has 2 aromatic carbocycles. The predicted molar refractivity (Wildman–Crippen MR) is 103 cm³/mol. The summed E-state index contributed by atoms with van der Waals surface area (Å²) >= 11 is 0. The zero-order valence-corrected chi connectivity index (χ0v) is 14.8. The van der Waals surface area contributed by atoms with E-state index in [4.69, 9.17) is 0 Å². The lowest BCUT2D eigenvalue weighted by atomic mass is 10.1. The standard InChI is InChI=1S/C21H20N4O/c1-14-12-16-8-6-7-11-19(16)25(14)21(26)18-13-20(23-15(2)22-18)24-17-9-4-3-5-10-17/h3-11,13-14H,12H2,1-2H3,(H,22,23,24). The topological polar surface area (TPSA) is 58.1 Å². The average Bonchev–Trinajstić information content (AvgIpc) is 2.97. The number of anilines is 3. The Balaban J connectivity index is 1.66. The van der Waals surface area contributed by atoms with E-state index in [1.54, 1.807) is 13.0 Å². The van der Waals surface area contributed by atoms with Crippen molar-refractivity contribution in [1.82, 2.24) is 9.97 Å². The minimum Gasteiger partial charge on any atom is -0.340 e. The van der Waals surface area contributed by atoms with Crippen molar-refractivity contribution in [3.05, 3.63) is 77.7 Å². The molecular formula is C21H20N4O. The highest BCUT2D eigenvalue weighted by Crippen LogP contribution is 2.33. The summed E-state index contributed by atoms with van der Waals surface area (Å²) in [6.45, 7) is 3.86. The third-order valence-electron chi connectivity index (χ3n) is 4.53. The zero-order chi connectivity index (χ0) is 18.1. The quantitative estimate of drug-likeness (QED) is 0.776. The fourth-order valence-corrected chi connectivity index (χ4v) is 3.41. The summed E-state index contributed by atoms with van der Waals surface area (Å²) in [5, 5.41) is 3.24. The third-order valence-corrected chi connectivity index (χ3v) is 4.53. The van der Waals surface area contributed by atoms with Gasteiger partial charge in [-0.25, -0.2) is 9.97 Å². The molecule has 26 heavy (non-hydrogen) atoms. The lowest BCUT2D eigenvalue weighted by molar-refractivity contribution is 0.0976. The molecule has 0 saturated heterocycles. The van der Waals surface area contributed by atoms with Crippen molar-refractivity contribution < 1.29 is 4.79 Å². The van der Waals surface area contributed by atoms with Crippen LogP contribution in [0.4, 0.5) is 17.2 Å². The molecule has 2 heterocycles. The molecule has 130 valence electrons. The molecule has 5 nitrogen and oxygen atoms in total. The Morgan fingerprint density at radius 3 is 2.62 bits per heavy atom. The number of aromatic nitrogens is 2. The van der Waals surface area contributed by atoms with Crippen molar-refractivity contribution in [1.29, 1.82) is 0 Å². The predicted octanol–water partition coefficient (Wildman–Crippen LogP) is 4.12. The molecule has 1 unspecified atom stereocenters. The molecule has 1 N–H and O–H groups in total. The SMILES string of the molecule is Cc1nc(Nc2ccccc2)cc(C(=O)N2c3ccccc3CC2C)n1. The number of para-hydroxylation sites is 2. The summed E-state index contributed by atoms with van der Waals surface area (Å²) in [5.41, 5.74) is 3.49. The van der Waals surface area contributed by atoms with Crippen LogP contribution in [-0.4, -0.2) is 21.9 Å². The van der Waals surface area contributed by atoms with Crippen molar-refractivity contribution in [2.75, 3.05) is 10.2 Å². The van der Waals surface area contributed by atoms with Gasteiger partial charge in [0.1, 0.15) is 17.3 Å². The maximum Gasteiger partial charge on any atom is 0.277 e. The van der Waals surface area contributed by atoms with Crippen LogP contribution in [0.3, 0.4) is 0 Å². The van der Waals surface area contributed by atoms with Crippen molar-refractivity contribution in [2.45, 2.75) is 26.3 Å². The van der Waals surface area contributed by atoms with E-state index in [0.717, 1.165) is 17.8 Å². The molecule has 1 amide bonds. The van der Waals surface area contributed by atoms with Gasteiger partial charge in [-0.3, -0.25) is 4.79 Å². The summed E-state index contributed by atoms with van der Waals surface area (Å²) < 4.78 is 0. The number of benzene rings is 2. The number of rotatable bonds is 3. The molecule has 1 aliphatic rings. The van der Waals surface area contributed by atoms with E-state index in [1.807, 2.05) is 53.4 Å². The van der Waals surface area contributed by atoms with Gasteiger partial charge in [0.25, 0.3) is 5.91 Å². The minimum absolute atomic E-state index is 0.0935. The van der Waals surface area contributed by atoms with Crippen LogP contribution >= 0.6 is 0 Å². The number of nitrogens with one attached hydrogen (secondary N) is 1. The molecule has 0 bridgehead atoms. The number of hydrogen-bond acceptors (Lipinski definition) is 4. The summed E-state index contributed by atoms with van der Waals surface area (Å²) in [5.74, 6) is 1.09. The first-order valence-electron chi connectivity index (χ1n) is 8.71. The maximum atomic E-state index is 13.2. The zero-order valence-electron chi connectivity index (χ0n) is 14.8. The van der Waals surface area contributed by atoms with Gasteiger partial charge in [-0.15, -0.1) is 0 Å². The molecule has 0 saturated carbocycles. The first-order valence-corrected chi connectivity index (χ1v) is 8.71. The first-order chi connectivity index (χ1) is 12.6. The number of aryl methyl sites for hydroxylation is 1. The molecular weight excluding hydrogens is 324 g/mol. The molecule has 4 rings (SSSR count). The van der Waals surface area contributed by atoms with Crippen LogP contribution in [0.25, 0.3) is 0 Å². The van der Waals surface area contributed by atoms with Gasteiger partial charge in [0.05, 0.1) is 0 Å². The fraction of sp³-hybridized carbons (Fsp3) is 0.190. The Labute approximate surface area is 152 Å². The minimum atomic E-state index is -0.0935. The Hall–Kier alpha value is -3.21. The summed E-state index contributed by atoms with van der Waals surface area (Å²) in [6.07, 6.45) is 0.862. The van der Waals surface area contributed by atoms with Gasteiger partial charge < -0.3 is 10.2 Å². The first kappa shape index (κ1) is 16.3. The largest absolute Gasteiger partial charge is 0.340 e. The molecule has 5 heteroatoms. The van der Waals surface area contributed by atoms with Crippen LogP contribution in [0.15, 0.2) is 60.7 Å². The van der Waals surface area contributed by atoms with Crippen LogP contribution in [0.5, 0.6) is 0 Å². The Morgan fingerprint density at radius 1 is 1.08 bits per heavy atom. The lowest BCUT2D eigenvalue weighted by Gasteiger charge is -2.22. The molecule has 1 aromatic heterocycles. The van der Waals surface area contributed by atoms with Crippen molar-refractivity contribution >= 4 is 23.1 Å². The van der Waals surface area contributed by atoms with Gasteiger partial charge in [0.15, 0.2) is 0 Å². The number of carbonyl (C=O) groups is 1. The molecule has 3 aromatic rings. The van der Waals surface area contributed by atoms with Crippen molar-refractivity contribution in [3.63, 3.8) is 0 Å². The van der Waals surface area contributed by atoms with E-state index >= 15 is 0 Å². The smallest absolute Gasteiger partial charge is 0.277 e. The Bertz CT molecular complexity index is 955. The molecule has 0 radical (unpaired) electrons. The highest BCUT2D eigenvalue weighted by Gasteiger charge is 2.32. The van der Waals surface area contributed by atoms with Crippen molar-refractivity contribution in [3.8, 4) is 0 Å². The fourth-order valence-electron chi connectivity index (χ4n) is 3.41. The van der Waals surface area contributed by atoms with Crippen molar-refractivity contribution in [2.24, 2.45) is 0 Å². The van der Waals surface area contributed by atoms with Gasteiger partial charge in [-0.2, -0.15) is 0 Å². The summed E-state index contributed by atoms with van der Waals surface area (Å²) in [7, 11) is 0. The Morgan fingerprint density at radius 2 is 1.81 bits per heavy atom. The summed E-state index contributed by atoms with van der Waals surface area (Å²) in [6, 6.07) is 19.6. The van der Waals surface area contributed by atoms with Gasteiger partial charge >= 0.3 is 0 Å². The van der Waals surface area contributed by atoms with E-state index in [-0.39, 0.29) is 11.9 Å². The highest BCUT2D eigenvalue weighted by molar-refractivity contribution is 6.07. The number of hydrogen-bond donors (Lipinski definition) is 1. The molecule has 1 atom stereocenters. The van der Waals surface area contributed by atoms with Crippen LogP contribution in [0.1, 0.15) is 28.8 Å². The molecule has 0 spiro atoms. The van der Waals surface area contributed by atoms with E-state index in [1.165, 1.54) is 5.56 Å². The normalized spacial score (nSPS) is 15.6. The second-order valence-corrected chi connectivity index (χ2v) is 6.53. The number of amides is 1. The molecule has 0 fully saturated rings. The van der Waals surface area contributed by atoms with Crippen LogP contribution in [0.2, 0.25) is 0 Å². The monoisotopic (exact) mass is 344 g/mol. The second-order valence-electron chi connectivity index (χ2n) is 6.53. The van der Waals surface area contributed by atoms with E-state index < -0.39 is 0 Å². The van der Waals surface area contributed by atoms with Gasteiger partial charge in [-0.05, 0) is 44.0 Å². The third kappa shape index (κ3) is 3.04. The molecule has 0 aliphatic carbocycles. The number of carbonyl (C=O) groups excluding carboxylic acids is 1. The Kier molecular flexibility index (Phi) is 4.13. The average molecular weight is 344 g/mol. The number of fused-ring (bicyclic) bond motifs is 1.